The molecule has 0 saturated carbocycles. The van der Waals surface area contributed by atoms with E-state index >= 15 is 0 Å². The first-order chi connectivity index (χ1) is 8.32. The Morgan fingerprint density at radius 1 is 1.33 bits per heavy atom. The van der Waals surface area contributed by atoms with Crippen LogP contribution < -0.4 is 5.73 Å². The third-order valence-electron chi connectivity index (χ3n) is 2.69. The first-order valence-corrected chi connectivity index (χ1v) is 6.98. The molecule has 4 heteroatoms. The summed E-state index contributed by atoms with van der Waals surface area (Å²) in [6, 6.07) is 5.51. The molecular formula is C14H21BrN2O. The average Bonchev–Trinajstić information content (AvgIpc) is 2.28. The number of anilines is 1. The molecule has 0 aliphatic heterocycles. The molecule has 18 heavy (non-hydrogen) atoms. The van der Waals surface area contributed by atoms with Crippen molar-refractivity contribution in [1.29, 1.82) is 0 Å². The summed E-state index contributed by atoms with van der Waals surface area (Å²) in [7, 11) is 0. The number of hydrogen-bond acceptors (Lipinski definition) is 2. The normalized spacial score (nSPS) is 11.1. The Kier molecular flexibility index (Phi) is 5.20. The molecule has 1 amide bonds. The van der Waals surface area contributed by atoms with Crippen molar-refractivity contribution >= 4 is 27.5 Å². The van der Waals surface area contributed by atoms with Crippen LogP contribution in [0, 0.1) is 5.92 Å². The maximum absolute atomic E-state index is 12.4. The number of hydrogen-bond donors (Lipinski definition) is 1. The number of rotatable bonds is 4. The molecule has 0 heterocycles. The highest BCUT2D eigenvalue weighted by Crippen LogP contribution is 2.22. The summed E-state index contributed by atoms with van der Waals surface area (Å²) in [5, 5.41) is 0. The van der Waals surface area contributed by atoms with E-state index in [-0.39, 0.29) is 11.9 Å². The van der Waals surface area contributed by atoms with E-state index in [2.05, 4.69) is 29.8 Å². The van der Waals surface area contributed by atoms with Crippen LogP contribution in [0.1, 0.15) is 38.1 Å². The van der Waals surface area contributed by atoms with E-state index in [1.807, 2.05) is 18.7 Å². The number of nitrogens with zero attached hydrogens (tertiary/aromatic N) is 1. The van der Waals surface area contributed by atoms with Crippen LogP contribution >= 0.6 is 15.9 Å². The van der Waals surface area contributed by atoms with Crippen molar-refractivity contribution in [1.82, 2.24) is 4.90 Å². The van der Waals surface area contributed by atoms with E-state index in [0.29, 0.717) is 17.2 Å². The zero-order valence-electron chi connectivity index (χ0n) is 11.4. The summed E-state index contributed by atoms with van der Waals surface area (Å²) < 4.78 is 0.765. The Morgan fingerprint density at radius 2 is 1.94 bits per heavy atom. The molecule has 0 spiro atoms. The quantitative estimate of drug-likeness (QED) is 0.864. The fourth-order valence-electron chi connectivity index (χ4n) is 1.75. The molecule has 3 nitrogen and oxygen atoms in total. The highest BCUT2D eigenvalue weighted by atomic mass is 79.9. The molecule has 0 aromatic heterocycles. The van der Waals surface area contributed by atoms with Crippen LogP contribution in [-0.2, 0) is 0 Å². The molecular weight excluding hydrogens is 292 g/mol. The Labute approximate surface area is 117 Å². The number of halogens is 1. The van der Waals surface area contributed by atoms with Gasteiger partial charge in [0.05, 0.1) is 0 Å². The van der Waals surface area contributed by atoms with E-state index in [4.69, 9.17) is 5.73 Å². The van der Waals surface area contributed by atoms with Gasteiger partial charge in [-0.1, -0.05) is 13.8 Å². The van der Waals surface area contributed by atoms with Crippen LogP contribution in [0.4, 0.5) is 5.69 Å². The summed E-state index contributed by atoms with van der Waals surface area (Å²) >= 11 is 3.36. The van der Waals surface area contributed by atoms with Crippen molar-refractivity contribution in [3.8, 4) is 0 Å². The first-order valence-electron chi connectivity index (χ1n) is 6.19. The Morgan fingerprint density at radius 3 is 2.39 bits per heavy atom. The number of carbonyl (C=O) groups is 1. The van der Waals surface area contributed by atoms with Crippen molar-refractivity contribution < 1.29 is 4.79 Å². The second-order valence-corrected chi connectivity index (χ2v) is 6.04. The molecule has 2 N–H and O–H groups in total. The lowest BCUT2D eigenvalue weighted by molar-refractivity contribution is 0.0682. The Balaban J connectivity index is 2.98. The molecule has 100 valence electrons. The monoisotopic (exact) mass is 312 g/mol. The molecule has 1 aromatic rings. The van der Waals surface area contributed by atoms with Gasteiger partial charge in [0.1, 0.15) is 0 Å². The zero-order chi connectivity index (χ0) is 13.9. The molecule has 0 unspecified atom stereocenters. The van der Waals surface area contributed by atoms with Crippen LogP contribution in [0.15, 0.2) is 22.7 Å². The van der Waals surface area contributed by atoms with E-state index < -0.39 is 0 Å². The van der Waals surface area contributed by atoms with Crippen LogP contribution in [-0.4, -0.2) is 23.4 Å². The van der Waals surface area contributed by atoms with E-state index in [9.17, 15) is 4.79 Å². The number of benzene rings is 1. The van der Waals surface area contributed by atoms with Gasteiger partial charge in [-0.2, -0.15) is 0 Å². The number of carbonyl (C=O) groups excluding carboxylic acids is 1. The van der Waals surface area contributed by atoms with Gasteiger partial charge >= 0.3 is 0 Å². The van der Waals surface area contributed by atoms with Crippen molar-refractivity contribution in [2.45, 2.75) is 33.7 Å². The van der Waals surface area contributed by atoms with Gasteiger partial charge in [-0.15, -0.1) is 0 Å². The van der Waals surface area contributed by atoms with Crippen LogP contribution in [0.2, 0.25) is 0 Å². The van der Waals surface area contributed by atoms with E-state index in [1.54, 1.807) is 18.2 Å². The van der Waals surface area contributed by atoms with Gasteiger partial charge in [-0.05, 0) is 53.9 Å². The second kappa shape index (κ2) is 6.23. The van der Waals surface area contributed by atoms with Crippen LogP contribution in [0.5, 0.6) is 0 Å². The molecule has 0 fully saturated rings. The molecule has 1 rings (SSSR count). The largest absolute Gasteiger partial charge is 0.398 e. The highest BCUT2D eigenvalue weighted by molar-refractivity contribution is 9.10. The van der Waals surface area contributed by atoms with Crippen molar-refractivity contribution in [2.75, 3.05) is 12.3 Å². The minimum atomic E-state index is 0.0550. The van der Waals surface area contributed by atoms with Gasteiger partial charge in [0.2, 0.25) is 0 Å². The zero-order valence-corrected chi connectivity index (χ0v) is 13.0. The molecule has 0 radical (unpaired) electrons. The number of amides is 1. The lowest BCUT2D eigenvalue weighted by Gasteiger charge is -2.28. The van der Waals surface area contributed by atoms with E-state index in [0.717, 1.165) is 11.0 Å². The third kappa shape index (κ3) is 3.73. The smallest absolute Gasteiger partial charge is 0.254 e. The summed E-state index contributed by atoms with van der Waals surface area (Å²) in [5.74, 6) is 0.507. The number of nitrogen functional groups attached to an aromatic ring is 1. The topological polar surface area (TPSA) is 46.3 Å². The third-order valence-corrected chi connectivity index (χ3v) is 3.38. The Bertz CT molecular complexity index is 430. The van der Waals surface area contributed by atoms with Crippen molar-refractivity contribution in [3.63, 3.8) is 0 Å². The average molecular weight is 313 g/mol. The minimum Gasteiger partial charge on any atom is -0.398 e. The van der Waals surface area contributed by atoms with E-state index in [1.165, 1.54) is 0 Å². The van der Waals surface area contributed by atoms with Crippen molar-refractivity contribution in [2.24, 2.45) is 5.92 Å². The van der Waals surface area contributed by atoms with Gasteiger partial charge in [0, 0.05) is 28.3 Å². The van der Waals surface area contributed by atoms with Crippen LogP contribution in [0.3, 0.4) is 0 Å². The van der Waals surface area contributed by atoms with Crippen molar-refractivity contribution in [3.05, 3.63) is 28.2 Å². The predicted octanol–water partition coefficient (Wildman–Crippen LogP) is 3.54. The summed E-state index contributed by atoms with van der Waals surface area (Å²) in [4.78, 5) is 14.3. The number of nitrogens with two attached hydrogens (primary N) is 1. The summed E-state index contributed by atoms with van der Waals surface area (Å²) in [5.41, 5.74) is 7.05. The SMILES string of the molecule is CC(C)CN(C(=O)c1ccc(N)c(Br)c1)C(C)C. The lowest BCUT2D eigenvalue weighted by Crippen LogP contribution is -2.39. The van der Waals surface area contributed by atoms with Gasteiger partial charge < -0.3 is 10.6 Å². The van der Waals surface area contributed by atoms with Crippen LogP contribution in [0.25, 0.3) is 0 Å². The summed E-state index contributed by atoms with van der Waals surface area (Å²) in [6.45, 7) is 9.06. The summed E-state index contributed by atoms with van der Waals surface area (Å²) in [6.07, 6.45) is 0. The second-order valence-electron chi connectivity index (χ2n) is 5.18. The minimum absolute atomic E-state index is 0.0550. The maximum atomic E-state index is 12.4. The maximum Gasteiger partial charge on any atom is 0.254 e. The molecule has 0 bridgehead atoms. The fraction of sp³-hybridized carbons (Fsp3) is 0.500. The molecule has 0 aliphatic rings. The predicted molar refractivity (Wildman–Crippen MR) is 79.6 cm³/mol. The molecule has 0 saturated heterocycles. The van der Waals surface area contributed by atoms with Gasteiger partial charge in [-0.3, -0.25) is 4.79 Å². The Hall–Kier alpha value is -1.03. The molecule has 0 aliphatic carbocycles. The molecule has 1 aromatic carbocycles. The molecule has 0 atom stereocenters. The first kappa shape index (κ1) is 15.0. The standard InChI is InChI=1S/C14H21BrN2O/c1-9(2)8-17(10(3)4)14(18)11-5-6-13(16)12(15)7-11/h5-7,9-10H,8,16H2,1-4H3. The highest BCUT2D eigenvalue weighted by Gasteiger charge is 2.20. The van der Waals surface area contributed by atoms with Gasteiger partial charge in [0.15, 0.2) is 0 Å². The lowest BCUT2D eigenvalue weighted by atomic mass is 10.1. The fourth-order valence-corrected chi connectivity index (χ4v) is 2.13. The van der Waals surface area contributed by atoms with Gasteiger partial charge in [-0.25, -0.2) is 0 Å². The van der Waals surface area contributed by atoms with Gasteiger partial charge in [0.25, 0.3) is 5.91 Å².